The van der Waals surface area contributed by atoms with Crippen LogP contribution in [0, 0.1) is 6.92 Å². The normalized spacial score (nSPS) is 11.7. The zero-order valence-electron chi connectivity index (χ0n) is 18.2. The van der Waals surface area contributed by atoms with E-state index in [4.69, 9.17) is 4.74 Å². The van der Waals surface area contributed by atoms with Gasteiger partial charge in [0.2, 0.25) is 0 Å². The molecule has 0 aliphatic heterocycles. The highest BCUT2D eigenvalue weighted by molar-refractivity contribution is 7.93. The zero-order valence-corrected chi connectivity index (χ0v) is 19.0. The first-order valence-corrected chi connectivity index (χ1v) is 11.5. The first kappa shape index (κ1) is 22.6. The topological polar surface area (TPSA) is 63.7 Å². The van der Waals surface area contributed by atoms with Crippen molar-refractivity contribution in [1.82, 2.24) is 0 Å². The third kappa shape index (κ3) is 5.14. The molecule has 0 aromatic heterocycles. The summed E-state index contributed by atoms with van der Waals surface area (Å²) in [6, 6.07) is 22.2. The maximum atomic E-state index is 13.3. The van der Waals surface area contributed by atoms with Crippen LogP contribution < -0.4 is 9.04 Å². The monoisotopic (exact) mass is 437 g/mol. The lowest BCUT2D eigenvalue weighted by Gasteiger charge is -2.25. The van der Waals surface area contributed by atoms with Gasteiger partial charge in [0.1, 0.15) is 5.75 Å². The molecule has 0 saturated heterocycles. The van der Waals surface area contributed by atoms with Gasteiger partial charge < -0.3 is 4.74 Å². The van der Waals surface area contributed by atoms with Gasteiger partial charge in [-0.05, 0) is 48.2 Å². The van der Waals surface area contributed by atoms with Crippen LogP contribution in [-0.4, -0.2) is 20.9 Å². The Balaban J connectivity index is 1.96. The molecule has 6 heteroatoms. The fourth-order valence-corrected chi connectivity index (χ4v) is 4.64. The maximum Gasteiger partial charge on any atom is 0.278 e. The summed E-state index contributed by atoms with van der Waals surface area (Å²) >= 11 is 0. The summed E-state index contributed by atoms with van der Waals surface area (Å²) in [5.74, 6) is -0.110. The third-order valence-corrected chi connectivity index (χ3v) is 6.59. The average Bonchev–Trinajstić information content (AvgIpc) is 2.74. The van der Waals surface area contributed by atoms with Crippen LogP contribution in [0.4, 0.5) is 5.69 Å². The number of nitrogens with zero attached hydrogens (tertiary/aromatic N) is 1. The fraction of sp³-hybridized carbons (Fsp3) is 0.240. The lowest BCUT2D eigenvalue weighted by Crippen LogP contribution is -2.40. The Morgan fingerprint density at radius 3 is 2.06 bits per heavy atom. The highest BCUT2D eigenvalue weighted by Crippen LogP contribution is 2.31. The summed E-state index contributed by atoms with van der Waals surface area (Å²) in [6.45, 7) is 7.64. The lowest BCUT2D eigenvalue weighted by atomic mass is 9.86. The molecule has 0 fully saturated rings. The van der Waals surface area contributed by atoms with Crippen molar-refractivity contribution in [2.45, 2.75) is 38.0 Å². The van der Waals surface area contributed by atoms with Gasteiger partial charge in [0.05, 0.1) is 10.6 Å². The number of amides is 1. The molecule has 3 aromatic rings. The number of para-hydroxylation sites is 1. The molecule has 162 valence electrons. The highest BCUT2D eigenvalue weighted by Gasteiger charge is 2.31. The van der Waals surface area contributed by atoms with Gasteiger partial charge in [0.15, 0.2) is 6.61 Å². The van der Waals surface area contributed by atoms with E-state index < -0.39 is 22.5 Å². The van der Waals surface area contributed by atoms with Gasteiger partial charge in [-0.25, -0.2) is 8.42 Å². The van der Waals surface area contributed by atoms with E-state index in [2.05, 4.69) is 20.8 Å². The molecule has 31 heavy (non-hydrogen) atoms. The number of aryl methyl sites for hydroxylation is 1. The van der Waals surface area contributed by atoms with Gasteiger partial charge in [-0.15, -0.1) is 0 Å². The SMILES string of the molecule is Cc1ccc(N(C(=O)COc2ccccc2C(C)(C)C)S(=O)(=O)c2ccccc2)cc1. The van der Waals surface area contributed by atoms with E-state index in [9.17, 15) is 13.2 Å². The van der Waals surface area contributed by atoms with E-state index in [1.807, 2.05) is 25.1 Å². The Morgan fingerprint density at radius 1 is 0.871 bits per heavy atom. The molecule has 1 amide bonds. The molecule has 0 spiro atoms. The van der Waals surface area contributed by atoms with Crippen molar-refractivity contribution < 1.29 is 17.9 Å². The van der Waals surface area contributed by atoms with Crippen LogP contribution in [-0.2, 0) is 20.2 Å². The van der Waals surface area contributed by atoms with E-state index in [-0.39, 0.29) is 16.0 Å². The van der Waals surface area contributed by atoms with Crippen LogP contribution in [0.2, 0.25) is 0 Å². The van der Waals surface area contributed by atoms with E-state index in [0.29, 0.717) is 5.75 Å². The van der Waals surface area contributed by atoms with Crippen molar-refractivity contribution in [2.24, 2.45) is 0 Å². The average molecular weight is 438 g/mol. The number of anilines is 1. The number of sulfonamides is 1. The molecule has 0 unspecified atom stereocenters. The van der Waals surface area contributed by atoms with Crippen LogP contribution in [0.25, 0.3) is 0 Å². The van der Waals surface area contributed by atoms with Crippen molar-refractivity contribution in [3.8, 4) is 5.75 Å². The van der Waals surface area contributed by atoms with Crippen molar-refractivity contribution >= 4 is 21.6 Å². The predicted molar refractivity (Wildman–Crippen MR) is 123 cm³/mol. The van der Waals surface area contributed by atoms with E-state index in [1.54, 1.807) is 48.5 Å². The van der Waals surface area contributed by atoms with E-state index in [0.717, 1.165) is 15.4 Å². The smallest absolute Gasteiger partial charge is 0.278 e. The fourth-order valence-electron chi connectivity index (χ4n) is 3.21. The maximum absolute atomic E-state index is 13.3. The second-order valence-corrected chi connectivity index (χ2v) is 10.1. The van der Waals surface area contributed by atoms with Gasteiger partial charge in [-0.2, -0.15) is 4.31 Å². The minimum atomic E-state index is -4.11. The van der Waals surface area contributed by atoms with Crippen molar-refractivity contribution in [3.05, 3.63) is 90.0 Å². The van der Waals surface area contributed by atoms with Gasteiger partial charge in [-0.1, -0.05) is 74.9 Å². The van der Waals surface area contributed by atoms with Gasteiger partial charge >= 0.3 is 0 Å². The Hall–Kier alpha value is -3.12. The van der Waals surface area contributed by atoms with Gasteiger partial charge in [0.25, 0.3) is 15.9 Å². The van der Waals surface area contributed by atoms with Crippen molar-refractivity contribution in [1.29, 1.82) is 0 Å². The number of benzene rings is 3. The van der Waals surface area contributed by atoms with E-state index in [1.165, 1.54) is 12.1 Å². The van der Waals surface area contributed by atoms with Gasteiger partial charge in [-0.3, -0.25) is 4.79 Å². The molecular weight excluding hydrogens is 410 g/mol. The molecule has 0 radical (unpaired) electrons. The molecule has 3 aromatic carbocycles. The molecule has 3 rings (SSSR count). The number of ether oxygens (including phenoxy) is 1. The number of carbonyl (C=O) groups excluding carboxylic acids is 1. The quantitative estimate of drug-likeness (QED) is 0.539. The van der Waals surface area contributed by atoms with Crippen LogP contribution in [0.15, 0.2) is 83.8 Å². The van der Waals surface area contributed by atoms with Crippen LogP contribution in [0.1, 0.15) is 31.9 Å². The molecule has 0 N–H and O–H groups in total. The van der Waals surface area contributed by atoms with Crippen LogP contribution in [0.3, 0.4) is 0 Å². The molecule has 0 bridgehead atoms. The first-order chi connectivity index (χ1) is 14.6. The summed E-state index contributed by atoms with van der Waals surface area (Å²) < 4.78 is 33.3. The predicted octanol–water partition coefficient (Wildman–Crippen LogP) is 5.09. The van der Waals surface area contributed by atoms with Crippen LogP contribution in [0.5, 0.6) is 5.75 Å². The second kappa shape index (κ2) is 8.94. The first-order valence-electron chi connectivity index (χ1n) is 10.0. The summed E-state index contributed by atoms with van der Waals surface area (Å²) in [6.07, 6.45) is 0. The molecule has 0 heterocycles. The summed E-state index contributed by atoms with van der Waals surface area (Å²) in [4.78, 5) is 13.2. The van der Waals surface area contributed by atoms with Crippen molar-refractivity contribution in [3.63, 3.8) is 0 Å². The largest absolute Gasteiger partial charge is 0.483 e. The summed E-state index contributed by atoms with van der Waals surface area (Å²) in [7, 11) is -4.11. The minimum absolute atomic E-state index is 0.0408. The number of hydrogen-bond acceptors (Lipinski definition) is 4. The third-order valence-electron chi connectivity index (χ3n) is 4.82. The van der Waals surface area contributed by atoms with Crippen LogP contribution >= 0.6 is 0 Å². The number of hydrogen-bond donors (Lipinski definition) is 0. The molecular formula is C25H27NO4S. The highest BCUT2D eigenvalue weighted by atomic mass is 32.2. The second-order valence-electron chi connectivity index (χ2n) is 8.35. The summed E-state index contributed by atoms with van der Waals surface area (Å²) in [5, 5.41) is 0. The lowest BCUT2D eigenvalue weighted by molar-refractivity contribution is -0.119. The molecule has 0 atom stereocenters. The molecule has 0 aliphatic carbocycles. The number of rotatable bonds is 6. The molecule has 5 nitrogen and oxygen atoms in total. The Kier molecular flexibility index (Phi) is 6.51. The summed E-state index contributed by atoms with van der Waals surface area (Å²) in [5.41, 5.74) is 1.98. The van der Waals surface area contributed by atoms with E-state index >= 15 is 0 Å². The molecule has 0 saturated carbocycles. The van der Waals surface area contributed by atoms with Gasteiger partial charge in [0, 0.05) is 0 Å². The Labute approximate surface area is 184 Å². The minimum Gasteiger partial charge on any atom is -0.483 e. The Morgan fingerprint density at radius 2 is 1.45 bits per heavy atom. The Bertz CT molecular complexity index is 1150. The van der Waals surface area contributed by atoms with Crippen molar-refractivity contribution in [2.75, 3.05) is 10.9 Å². The standard InChI is InChI=1S/C25H27NO4S/c1-19-14-16-20(17-15-19)26(31(28,29)21-10-6-5-7-11-21)24(27)18-30-23-13-9-8-12-22(23)25(2,3)4/h5-17H,18H2,1-4H3. The zero-order chi connectivity index (χ0) is 22.6. The number of carbonyl (C=O) groups is 1. The molecule has 0 aliphatic rings.